The number of rotatable bonds is 4. The highest BCUT2D eigenvalue weighted by molar-refractivity contribution is 5.79. The number of nitrogens with zero attached hydrogens (tertiary/aromatic N) is 1. The lowest BCUT2D eigenvalue weighted by molar-refractivity contribution is -0.133. The van der Waals surface area contributed by atoms with Gasteiger partial charge in [0.25, 0.3) is 0 Å². The van der Waals surface area contributed by atoms with E-state index in [4.69, 9.17) is 0 Å². The number of benzene rings is 1. The molecule has 0 saturated carbocycles. The molecule has 1 aromatic carbocycles. The summed E-state index contributed by atoms with van der Waals surface area (Å²) < 4.78 is 28.3. The van der Waals surface area contributed by atoms with Gasteiger partial charge in [-0.15, -0.1) is 0 Å². The van der Waals surface area contributed by atoms with Crippen LogP contribution in [0.3, 0.4) is 0 Å². The fraction of sp³-hybridized carbons (Fsp3) is 0.500. The first-order valence-corrected chi connectivity index (χ1v) is 6.54. The third kappa shape index (κ3) is 4.16. The Hall–Kier alpha value is -1.69. The minimum atomic E-state index is -2.85. The maximum Gasteiger partial charge on any atom is 0.387 e. The summed E-state index contributed by atoms with van der Waals surface area (Å²) in [5, 5.41) is 9.53. The number of alkyl halides is 2. The number of amides is 1. The molecule has 0 spiro atoms. The van der Waals surface area contributed by atoms with E-state index in [0.717, 1.165) is 18.4 Å². The Morgan fingerprint density at radius 2 is 2.10 bits per heavy atom. The summed E-state index contributed by atoms with van der Waals surface area (Å²) in [5.74, 6) is 0.0101. The van der Waals surface area contributed by atoms with Crippen LogP contribution in [0.1, 0.15) is 18.4 Å². The van der Waals surface area contributed by atoms with Gasteiger partial charge in [0, 0.05) is 13.1 Å². The molecular weight excluding hydrogens is 268 g/mol. The van der Waals surface area contributed by atoms with E-state index in [1.807, 2.05) is 0 Å². The molecule has 2 rings (SSSR count). The predicted molar refractivity (Wildman–Crippen MR) is 68.6 cm³/mol. The third-order valence-electron chi connectivity index (χ3n) is 3.25. The molecule has 4 nitrogen and oxygen atoms in total. The summed E-state index contributed by atoms with van der Waals surface area (Å²) in [4.78, 5) is 13.7. The molecule has 0 radical (unpaired) electrons. The van der Waals surface area contributed by atoms with Crippen molar-refractivity contribution in [1.82, 2.24) is 4.90 Å². The summed E-state index contributed by atoms with van der Waals surface area (Å²) in [6, 6.07) is 6.02. The zero-order valence-electron chi connectivity index (χ0n) is 11.0. The van der Waals surface area contributed by atoms with Gasteiger partial charge in [-0.05, 0) is 30.5 Å². The molecule has 1 N–H and O–H groups in total. The lowest BCUT2D eigenvalue weighted by Gasteiger charge is -2.30. The van der Waals surface area contributed by atoms with Crippen molar-refractivity contribution < 1.29 is 23.4 Å². The Morgan fingerprint density at radius 1 is 1.40 bits per heavy atom. The topological polar surface area (TPSA) is 49.8 Å². The number of aliphatic hydroxyl groups is 1. The van der Waals surface area contributed by atoms with Gasteiger partial charge in [0.2, 0.25) is 5.91 Å². The summed E-state index contributed by atoms with van der Waals surface area (Å²) in [7, 11) is 0. The number of hydrogen-bond donors (Lipinski definition) is 1. The first-order chi connectivity index (χ1) is 9.54. The standard InChI is InChI=1S/C14H17F2NO3/c15-14(16)20-12-5-3-10(4-6-12)8-13(19)17-7-1-2-11(18)9-17/h3-6,11,14,18H,1-2,7-9H2. The summed E-state index contributed by atoms with van der Waals surface area (Å²) >= 11 is 0. The normalized spacial score (nSPS) is 19.2. The second-order valence-electron chi connectivity index (χ2n) is 4.84. The van der Waals surface area contributed by atoms with E-state index < -0.39 is 12.7 Å². The van der Waals surface area contributed by atoms with E-state index in [0.29, 0.717) is 13.1 Å². The number of aliphatic hydroxyl groups excluding tert-OH is 1. The number of likely N-dealkylation sites (tertiary alicyclic amines) is 1. The zero-order valence-corrected chi connectivity index (χ0v) is 11.0. The van der Waals surface area contributed by atoms with Crippen LogP contribution in [-0.2, 0) is 11.2 Å². The molecular formula is C14H17F2NO3. The Balaban J connectivity index is 1.90. The molecule has 1 aromatic rings. The molecule has 0 bridgehead atoms. The van der Waals surface area contributed by atoms with Crippen molar-refractivity contribution in [2.45, 2.75) is 32.0 Å². The summed E-state index contributed by atoms with van der Waals surface area (Å²) in [5.41, 5.74) is 0.733. The van der Waals surface area contributed by atoms with Gasteiger partial charge in [-0.2, -0.15) is 8.78 Å². The monoisotopic (exact) mass is 285 g/mol. The number of β-amino-alcohol motifs (C(OH)–C–C–N with tert-alkyl or cyclic N) is 1. The lowest BCUT2D eigenvalue weighted by atomic mass is 10.1. The molecule has 1 saturated heterocycles. The molecule has 110 valence electrons. The van der Waals surface area contributed by atoms with Crippen LogP contribution in [0.15, 0.2) is 24.3 Å². The average molecular weight is 285 g/mol. The molecule has 0 aliphatic carbocycles. The maximum atomic E-state index is 12.0. The van der Waals surface area contributed by atoms with Gasteiger partial charge in [0.15, 0.2) is 0 Å². The summed E-state index contributed by atoms with van der Waals surface area (Å²) in [6.45, 7) is -1.83. The number of carbonyl (C=O) groups excluding carboxylic acids is 1. The number of ether oxygens (including phenoxy) is 1. The Labute approximate surface area is 116 Å². The quantitative estimate of drug-likeness (QED) is 0.918. The number of halogens is 2. The van der Waals surface area contributed by atoms with E-state index in [-0.39, 0.29) is 18.1 Å². The molecule has 1 fully saturated rings. The largest absolute Gasteiger partial charge is 0.435 e. The van der Waals surface area contributed by atoms with Gasteiger partial charge in [0.05, 0.1) is 12.5 Å². The number of hydrogen-bond acceptors (Lipinski definition) is 3. The molecule has 1 heterocycles. The van der Waals surface area contributed by atoms with Crippen LogP contribution < -0.4 is 4.74 Å². The third-order valence-corrected chi connectivity index (χ3v) is 3.25. The van der Waals surface area contributed by atoms with Crippen LogP contribution in [0, 0.1) is 0 Å². The molecule has 20 heavy (non-hydrogen) atoms. The smallest absolute Gasteiger partial charge is 0.387 e. The second-order valence-corrected chi connectivity index (χ2v) is 4.84. The molecule has 1 aliphatic rings. The number of carbonyl (C=O) groups is 1. The van der Waals surface area contributed by atoms with Crippen LogP contribution in [-0.4, -0.2) is 41.7 Å². The highest BCUT2D eigenvalue weighted by Crippen LogP contribution is 2.17. The van der Waals surface area contributed by atoms with Crippen molar-refractivity contribution in [3.05, 3.63) is 29.8 Å². The highest BCUT2D eigenvalue weighted by Gasteiger charge is 2.21. The molecule has 1 amide bonds. The molecule has 1 aliphatic heterocycles. The molecule has 6 heteroatoms. The zero-order chi connectivity index (χ0) is 14.5. The van der Waals surface area contributed by atoms with E-state index in [9.17, 15) is 18.7 Å². The van der Waals surface area contributed by atoms with Crippen LogP contribution in [0.25, 0.3) is 0 Å². The van der Waals surface area contributed by atoms with Crippen molar-refractivity contribution >= 4 is 5.91 Å². The second kappa shape index (κ2) is 6.65. The van der Waals surface area contributed by atoms with Gasteiger partial charge in [-0.3, -0.25) is 4.79 Å². The SMILES string of the molecule is O=C(Cc1ccc(OC(F)F)cc1)N1CCCC(O)C1. The Bertz CT molecular complexity index is 450. The van der Waals surface area contributed by atoms with Gasteiger partial charge >= 0.3 is 6.61 Å². The van der Waals surface area contributed by atoms with Gasteiger partial charge in [-0.25, -0.2) is 0 Å². The molecule has 0 aromatic heterocycles. The predicted octanol–water partition coefficient (Wildman–Crippen LogP) is 1.81. The highest BCUT2D eigenvalue weighted by atomic mass is 19.3. The first kappa shape index (κ1) is 14.7. The Kier molecular flexibility index (Phi) is 4.89. The van der Waals surface area contributed by atoms with Gasteiger partial charge in [-0.1, -0.05) is 12.1 Å². The molecule has 1 unspecified atom stereocenters. The van der Waals surface area contributed by atoms with E-state index in [1.165, 1.54) is 12.1 Å². The van der Waals surface area contributed by atoms with E-state index >= 15 is 0 Å². The van der Waals surface area contributed by atoms with Crippen molar-refractivity contribution in [3.8, 4) is 5.75 Å². The van der Waals surface area contributed by atoms with Crippen LogP contribution >= 0.6 is 0 Å². The van der Waals surface area contributed by atoms with Crippen LogP contribution in [0.5, 0.6) is 5.75 Å². The average Bonchev–Trinajstić information content (AvgIpc) is 2.40. The van der Waals surface area contributed by atoms with Gasteiger partial charge in [0.1, 0.15) is 5.75 Å². The minimum Gasteiger partial charge on any atom is -0.435 e. The first-order valence-electron chi connectivity index (χ1n) is 6.54. The Morgan fingerprint density at radius 3 is 2.70 bits per heavy atom. The van der Waals surface area contributed by atoms with Gasteiger partial charge < -0.3 is 14.7 Å². The van der Waals surface area contributed by atoms with Crippen LogP contribution in [0.4, 0.5) is 8.78 Å². The van der Waals surface area contributed by atoms with E-state index in [2.05, 4.69) is 4.74 Å². The lowest BCUT2D eigenvalue weighted by Crippen LogP contribution is -2.42. The van der Waals surface area contributed by atoms with E-state index in [1.54, 1.807) is 17.0 Å². The van der Waals surface area contributed by atoms with Crippen molar-refractivity contribution in [3.63, 3.8) is 0 Å². The molecule has 1 atom stereocenters. The number of piperidine rings is 1. The fourth-order valence-corrected chi connectivity index (χ4v) is 2.26. The van der Waals surface area contributed by atoms with Crippen molar-refractivity contribution in [1.29, 1.82) is 0 Å². The summed E-state index contributed by atoms with van der Waals surface area (Å²) in [6.07, 6.45) is 1.27. The maximum absolute atomic E-state index is 12.0. The van der Waals surface area contributed by atoms with Crippen LogP contribution in [0.2, 0.25) is 0 Å². The van der Waals surface area contributed by atoms with Crippen molar-refractivity contribution in [2.24, 2.45) is 0 Å². The minimum absolute atomic E-state index is 0.0636. The fourth-order valence-electron chi connectivity index (χ4n) is 2.26. The van der Waals surface area contributed by atoms with Crippen molar-refractivity contribution in [2.75, 3.05) is 13.1 Å².